The van der Waals surface area contributed by atoms with Crippen molar-refractivity contribution in [3.8, 4) is 0 Å². The third-order valence-corrected chi connectivity index (χ3v) is 11.7. The van der Waals surface area contributed by atoms with E-state index in [9.17, 15) is 14.7 Å². The molecule has 1 N–H and O–H groups in total. The highest BCUT2D eigenvalue weighted by molar-refractivity contribution is 5.66. The normalized spacial score (nSPS) is 50.7. The van der Waals surface area contributed by atoms with Crippen LogP contribution in [0.2, 0.25) is 0 Å². The van der Waals surface area contributed by atoms with Gasteiger partial charge in [-0.1, -0.05) is 40.2 Å². The molecule has 10 atom stereocenters. The van der Waals surface area contributed by atoms with E-state index in [1.54, 1.807) is 0 Å². The fourth-order valence-electron chi connectivity index (χ4n) is 10.3. The molecule has 1 saturated heterocycles. The first kappa shape index (κ1) is 25.3. The Morgan fingerprint density at radius 2 is 1.74 bits per heavy atom. The number of aliphatic hydroxyl groups is 1. The highest BCUT2D eigenvalue weighted by Crippen LogP contribution is 2.74. The van der Waals surface area contributed by atoms with Crippen LogP contribution in [0, 0.1) is 45.3 Å². The molecule has 35 heavy (non-hydrogen) atoms. The van der Waals surface area contributed by atoms with E-state index in [-0.39, 0.29) is 45.6 Å². The van der Waals surface area contributed by atoms with Crippen molar-refractivity contribution in [1.29, 1.82) is 0 Å². The first-order valence-corrected chi connectivity index (χ1v) is 13.7. The van der Waals surface area contributed by atoms with Gasteiger partial charge in [-0.05, 0) is 72.7 Å². The predicted octanol–water partition coefficient (Wildman–Crippen LogP) is 5.03. The van der Waals surface area contributed by atoms with Crippen LogP contribution in [0.4, 0.5) is 0 Å². The van der Waals surface area contributed by atoms with Crippen molar-refractivity contribution in [1.82, 2.24) is 0 Å². The molecule has 0 amide bonds. The van der Waals surface area contributed by atoms with Gasteiger partial charge < -0.3 is 19.3 Å². The molecule has 4 fully saturated rings. The number of allylic oxidation sites excluding steroid dienone is 1. The second-order valence-electron chi connectivity index (χ2n) is 13.4. The van der Waals surface area contributed by atoms with Crippen LogP contribution in [0.15, 0.2) is 11.6 Å². The summed E-state index contributed by atoms with van der Waals surface area (Å²) >= 11 is 0. The number of hydrogen-bond acceptors (Lipinski definition) is 6. The molecule has 5 rings (SSSR count). The van der Waals surface area contributed by atoms with E-state index in [1.165, 1.54) is 19.4 Å². The van der Waals surface area contributed by atoms with Crippen molar-refractivity contribution < 1.29 is 28.9 Å². The van der Waals surface area contributed by atoms with E-state index in [4.69, 9.17) is 14.2 Å². The van der Waals surface area contributed by atoms with E-state index in [1.807, 2.05) is 0 Å². The van der Waals surface area contributed by atoms with E-state index in [0.717, 1.165) is 44.9 Å². The Morgan fingerprint density at radius 3 is 2.43 bits per heavy atom. The van der Waals surface area contributed by atoms with Crippen LogP contribution in [0.3, 0.4) is 0 Å². The first-order valence-electron chi connectivity index (χ1n) is 13.7. The molecule has 3 saturated carbocycles. The van der Waals surface area contributed by atoms with Crippen molar-refractivity contribution in [2.24, 2.45) is 45.3 Å². The summed E-state index contributed by atoms with van der Waals surface area (Å²) in [4.78, 5) is 24.1. The topological polar surface area (TPSA) is 82.1 Å². The molecule has 6 nitrogen and oxygen atoms in total. The maximum Gasteiger partial charge on any atom is 0.302 e. The largest absolute Gasteiger partial charge is 0.465 e. The molecule has 6 heteroatoms. The van der Waals surface area contributed by atoms with Crippen molar-refractivity contribution in [2.75, 3.05) is 13.2 Å². The molecule has 0 spiro atoms. The SMILES string of the molecule is CC(=O)OC[C@]1(C)CCC[C@]2(C)[C@H]3C[C@H](OC(C)=O)[C@]4(C)[C@@H]5C(=CC[C@H]4[C@]3(C)CC[C@@H]12)CO[C@H]5O. The monoisotopic (exact) mass is 488 g/mol. The summed E-state index contributed by atoms with van der Waals surface area (Å²) in [6.07, 6.45) is 8.54. The number of fused-ring (bicyclic) bond motifs is 7. The number of hydrogen-bond donors (Lipinski definition) is 1. The lowest BCUT2D eigenvalue weighted by Crippen LogP contribution is -2.67. The minimum Gasteiger partial charge on any atom is -0.465 e. The summed E-state index contributed by atoms with van der Waals surface area (Å²) in [6, 6.07) is 0. The highest BCUT2D eigenvalue weighted by atomic mass is 16.6. The van der Waals surface area contributed by atoms with Crippen LogP contribution in [0.25, 0.3) is 0 Å². The van der Waals surface area contributed by atoms with Gasteiger partial charge in [-0.2, -0.15) is 0 Å². The average Bonchev–Trinajstić information content (AvgIpc) is 3.15. The molecule has 1 aliphatic heterocycles. The lowest BCUT2D eigenvalue weighted by atomic mass is 9.34. The summed E-state index contributed by atoms with van der Waals surface area (Å²) < 4.78 is 17.5. The molecule has 5 aliphatic rings. The van der Waals surface area contributed by atoms with Crippen LogP contribution in [0.1, 0.15) is 86.5 Å². The van der Waals surface area contributed by atoms with Gasteiger partial charge in [0.2, 0.25) is 0 Å². The Hall–Kier alpha value is -1.40. The van der Waals surface area contributed by atoms with E-state index in [2.05, 4.69) is 33.8 Å². The van der Waals surface area contributed by atoms with Gasteiger partial charge >= 0.3 is 11.9 Å². The number of rotatable bonds is 3. The van der Waals surface area contributed by atoms with Gasteiger partial charge in [0, 0.05) is 30.6 Å². The molecule has 0 bridgehead atoms. The summed E-state index contributed by atoms with van der Waals surface area (Å²) in [5, 5.41) is 10.9. The second-order valence-corrected chi connectivity index (χ2v) is 13.4. The number of carbonyl (C=O) groups is 2. The summed E-state index contributed by atoms with van der Waals surface area (Å²) in [7, 11) is 0. The van der Waals surface area contributed by atoms with Gasteiger partial charge in [-0.15, -0.1) is 0 Å². The Bertz CT molecular complexity index is 928. The van der Waals surface area contributed by atoms with Crippen LogP contribution in [0.5, 0.6) is 0 Å². The van der Waals surface area contributed by atoms with Crippen LogP contribution < -0.4 is 0 Å². The first-order chi connectivity index (χ1) is 16.4. The quantitative estimate of drug-likeness (QED) is 0.443. The van der Waals surface area contributed by atoms with Crippen molar-refractivity contribution in [2.45, 2.75) is 98.9 Å². The molecule has 1 heterocycles. The predicted molar refractivity (Wildman–Crippen MR) is 131 cm³/mol. The molecular weight excluding hydrogens is 444 g/mol. The maximum absolute atomic E-state index is 12.4. The van der Waals surface area contributed by atoms with Crippen LogP contribution in [-0.2, 0) is 23.8 Å². The molecule has 4 aliphatic carbocycles. The maximum atomic E-state index is 12.4. The van der Waals surface area contributed by atoms with Gasteiger partial charge in [0.05, 0.1) is 13.2 Å². The Labute approximate surface area is 210 Å². The summed E-state index contributed by atoms with van der Waals surface area (Å²) in [6.45, 7) is 13.5. The molecule has 0 unspecified atom stereocenters. The molecule has 0 radical (unpaired) electrons. The average molecular weight is 489 g/mol. The second kappa shape index (κ2) is 8.31. The number of ether oxygens (including phenoxy) is 3. The molecule has 196 valence electrons. The third kappa shape index (κ3) is 3.56. The zero-order valence-corrected chi connectivity index (χ0v) is 22.4. The fourth-order valence-corrected chi connectivity index (χ4v) is 10.3. The van der Waals surface area contributed by atoms with Gasteiger partial charge in [0.25, 0.3) is 0 Å². The molecule has 0 aromatic rings. The van der Waals surface area contributed by atoms with Crippen molar-refractivity contribution in [3.05, 3.63) is 11.6 Å². The Kier molecular flexibility index (Phi) is 5.99. The van der Waals surface area contributed by atoms with Crippen molar-refractivity contribution in [3.63, 3.8) is 0 Å². The van der Waals surface area contributed by atoms with Crippen molar-refractivity contribution >= 4 is 11.9 Å². The Balaban J connectivity index is 1.56. The number of aliphatic hydroxyl groups excluding tert-OH is 1. The zero-order chi connectivity index (χ0) is 25.4. The fraction of sp³-hybridized carbons (Fsp3) is 0.862. The zero-order valence-electron chi connectivity index (χ0n) is 22.4. The van der Waals surface area contributed by atoms with Crippen LogP contribution >= 0.6 is 0 Å². The lowest BCUT2D eigenvalue weighted by Gasteiger charge is -2.70. The number of esters is 2. The minimum atomic E-state index is -0.846. The summed E-state index contributed by atoms with van der Waals surface area (Å²) in [5.41, 5.74) is 0.916. The van der Waals surface area contributed by atoms with E-state index < -0.39 is 6.29 Å². The van der Waals surface area contributed by atoms with Gasteiger partial charge in [-0.3, -0.25) is 9.59 Å². The van der Waals surface area contributed by atoms with Crippen LogP contribution in [-0.4, -0.2) is 42.7 Å². The standard InChI is InChI=1S/C29H44O6/c1-17(30)34-16-26(3)11-7-12-27(4)20(26)10-13-28(5)21-9-8-19-15-33-25(32)24(19)29(21,6)23(14-22(27)28)35-18(2)31/h8,20-25,32H,7,9-16H2,1-6H3/t20-,21-,22+,23-,24+,25+,26-,27-,28-,29+/m0/s1. The molecule has 0 aromatic heterocycles. The number of carbonyl (C=O) groups excluding carboxylic acids is 2. The van der Waals surface area contributed by atoms with E-state index in [0.29, 0.717) is 31.0 Å². The lowest BCUT2D eigenvalue weighted by molar-refractivity contribution is -0.256. The van der Waals surface area contributed by atoms with E-state index >= 15 is 0 Å². The minimum absolute atomic E-state index is 0.0349. The highest BCUT2D eigenvalue weighted by Gasteiger charge is 2.70. The summed E-state index contributed by atoms with van der Waals surface area (Å²) in [5.74, 6) is 0.562. The third-order valence-electron chi connectivity index (χ3n) is 11.7. The smallest absolute Gasteiger partial charge is 0.302 e. The van der Waals surface area contributed by atoms with Gasteiger partial charge in [-0.25, -0.2) is 0 Å². The van der Waals surface area contributed by atoms with Gasteiger partial charge in [0.15, 0.2) is 6.29 Å². The Morgan fingerprint density at radius 1 is 1.03 bits per heavy atom. The molecular formula is C29H44O6. The van der Waals surface area contributed by atoms with Gasteiger partial charge in [0.1, 0.15) is 6.10 Å². The molecule has 0 aromatic carbocycles.